The Kier molecular flexibility index (Phi) is 4.89. The molecule has 4 aromatic rings. The highest BCUT2D eigenvalue weighted by Crippen LogP contribution is 2.14. The predicted octanol–water partition coefficient (Wildman–Crippen LogP) is 3.60. The van der Waals surface area contributed by atoms with Gasteiger partial charge in [-0.3, -0.25) is 4.79 Å². The smallest absolute Gasteiger partial charge is 0.341 e. The topological polar surface area (TPSA) is 56.0 Å². The zero-order chi connectivity index (χ0) is 19.3. The van der Waals surface area contributed by atoms with Gasteiger partial charge in [0.05, 0.1) is 11.4 Å². The van der Waals surface area contributed by atoms with Crippen molar-refractivity contribution in [2.24, 2.45) is 0 Å². The van der Waals surface area contributed by atoms with Crippen molar-refractivity contribution in [2.75, 3.05) is 5.32 Å². The zero-order valence-electron chi connectivity index (χ0n) is 15.2. The Hall–Kier alpha value is -3.86. The van der Waals surface area contributed by atoms with E-state index in [1.807, 2.05) is 66.7 Å². The van der Waals surface area contributed by atoms with Gasteiger partial charge in [0.1, 0.15) is 5.82 Å². The number of hydrogen-bond acceptors (Lipinski definition) is 3. The van der Waals surface area contributed by atoms with Crippen molar-refractivity contribution < 1.29 is 0 Å². The molecule has 1 heterocycles. The van der Waals surface area contributed by atoms with Crippen molar-refractivity contribution in [1.82, 2.24) is 9.13 Å². The first-order chi connectivity index (χ1) is 13.7. The number of para-hydroxylation sites is 2. The summed E-state index contributed by atoms with van der Waals surface area (Å²) in [5, 5.41) is 3.24. The van der Waals surface area contributed by atoms with E-state index in [0.29, 0.717) is 23.7 Å². The predicted molar refractivity (Wildman–Crippen MR) is 111 cm³/mol. The molecule has 0 atom stereocenters. The first kappa shape index (κ1) is 17.5. The Morgan fingerprint density at radius 2 is 1.14 bits per heavy atom. The SMILES string of the molecule is O=c1cc(NCc2ccccc2)n(-c2ccccc2)c(=O)n1-c1ccccc1. The molecule has 0 saturated heterocycles. The number of hydrogen-bond donors (Lipinski definition) is 1. The summed E-state index contributed by atoms with van der Waals surface area (Å²) in [4.78, 5) is 26.1. The summed E-state index contributed by atoms with van der Waals surface area (Å²) in [6, 6.07) is 29.5. The van der Waals surface area contributed by atoms with E-state index in [4.69, 9.17) is 0 Å². The average molecular weight is 369 g/mol. The summed E-state index contributed by atoms with van der Waals surface area (Å²) in [5.41, 5.74) is 1.49. The molecule has 3 aromatic carbocycles. The zero-order valence-corrected chi connectivity index (χ0v) is 15.2. The van der Waals surface area contributed by atoms with Gasteiger partial charge >= 0.3 is 5.69 Å². The third kappa shape index (κ3) is 3.50. The molecule has 28 heavy (non-hydrogen) atoms. The highest BCUT2D eigenvalue weighted by molar-refractivity contribution is 5.47. The number of aromatic nitrogens is 2. The van der Waals surface area contributed by atoms with E-state index in [1.54, 1.807) is 24.3 Å². The van der Waals surface area contributed by atoms with Crippen LogP contribution < -0.4 is 16.6 Å². The molecule has 1 N–H and O–H groups in total. The van der Waals surface area contributed by atoms with Crippen LogP contribution in [-0.2, 0) is 6.54 Å². The van der Waals surface area contributed by atoms with Gasteiger partial charge in [0.25, 0.3) is 5.56 Å². The molecule has 0 saturated carbocycles. The maximum Gasteiger partial charge on any atom is 0.341 e. The maximum atomic E-state index is 13.3. The van der Waals surface area contributed by atoms with E-state index in [2.05, 4.69) is 5.32 Å². The molecule has 0 bridgehead atoms. The first-order valence-electron chi connectivity index (χ1n) is 9.02. The van der Waals surface area contributed by atoms with Crippen LogP contribution in [0.4, 0.5) is 5.82 Å². The van der Waals surface area contributed by atoms with Crippen molar-refractivity contribution in [1.29, 1.82) is 0 Å². The fourth-order valence-electron chi connectivity index (χ4n) is 3.10. The Morgan fingerprint density at radius 1 is 0.643 bits per heavy atom. The molecule has 1 aromatic heterocycles. The largest absolute Gasteiger partial charge is 0.367 e. The van der Waals surface area contributed by atoms with Crippen molar-refractivity contribution in [2.45, 2.75) is 6.54 Å². The quantitative estimate of drug-likeness (QED) is 0.585. The third-order valence-electron chi connectivity index (χ3n) is 4.45. The minimum Gasteiger partial charge on any atom is -0.367 e. The van der Waals surface area contributed by atoms with Crippen molar-refractivity contribution in [3.05, 3.63) is 123 Å². The van der Waals surface area contributed by atoms with Crippen molar-refractivity contribution in [3.8, 4) is 11.4 Å². The van der Waals surface area contributed by atoms with Gasteiger partial charge in [-0.1, -0.05) is 66.7 Å². The molecule has 138 valence electrons. The lowest BCUT2D eigenvalue weighted by atomic mass is 10.2. The lowest BCUT2D eigenvalue weighted by Gasteiger charge is -2.17. The summed E-state index contributed by atoms with van der Waals surface area (Å²) < 4.78 is 2.71. The van der Waals surface area contributed by atoms with Crippen LogP contribution in [0.3, 0.4) is 0 Å². The van der Waals surface area contributed by atoms with Crippen LogP contribution in [0.15, 0.2) is 107 Å². The Balaban J connectivity index is 1.86. The van der Waals surface area contributed by atoms with E-state index >= 15 is 0 Å². The first-order valence-corrected chi connectivity index (χ1v) is 9.02. The minimum absolute atomic E-state index is 0.376. The normalized spacial score (nSPS) is 10.6. The number of nitrogens with zero attached hydrogens (tertiary/aromatic N) is 2. The van der Waals surface area contributed by atoms with E-state index in [-0.39, 0.29) is 5.56 Å². The van der Waals surface area contributed by atoms with Gasteiger partial charge in [-0.25, -0.2) is 13.9 Å². The van der Waals surface area contributed by atoms with E-state index in [1.165, 1.54) is 15.2 Å². The lowest BCUT2D eigenvalue weighted by molar-refractivity contribution is 0.801. The summed E-state index contributed by atoms with van der Waals surface area (Å²) >= 11 is 0. The Labute approximate surface area is 162 Å². The summed E-state index contributed by atoms with van der Waals surface area (Å²) in [7, 11) is 0. The van der Waals surface area contributed by atoms with Crippen LogP contribution in [0.2, 0.25) is 0 Å². The fraction of sp³-hybridized carbons (Fsp3) is 0.0435. The van der Waals surface area contributed by atoms with Gasteiger partial charge in [-0.05, 0) is 29.8 Å². The van der Waals surface area contributed by atoms with Crippen LogP contribution in [0.25, 0.3) is 11.4 Å². The van der Waals surface area contributed by atoms with Crippen LogP contribution in [-0.4, -0.2) is 9.13 Å². The van der Waals surface area contributed by atoms with Crippen LogP contribution in [0.5, 0.6) is 0 Å². The second-order valence-electron chi connectivity index (χ2n) is 6.33. The molecule has 5 heteroatoms. The summed E-state index contributed by atoms with van der Waals surface area (Å²) in [6.45, 7) is 0.502. The number of rotatable bonds is 5. The summed E-state index contributed by atoms with van der Waals surface area (Å²) in [6.07, 6.45) is 0. The average Bonchev–Trinajstić information content (AvgIpc) is 2.74. The van der Waals surface area contributed by atoms with Gasteiger partial charge in [0.15, 0.2) is 0 Å². The van der Waals surface area contributed by atoms with Crippen molar-refractivity contribution >= 4 is 5.82 Å². The van der Waals surface area contributed by atoms with Crippen LogP contribution in [0.1, 0.15) is 5.56 Å². The number of benzene rings is 3. The highest BCUT2D eigenvalue weighted by Gasteiger charge is 2.14. The molecule has 0 fully saturated rings. The molecule has 0 radical (unpaired) electrons. The maximum absolute atomic E-state index is 13.3. The molecule has 0 amide bonds. The molecule has 5 nitrogen and oxygen atoms in total. The molecule has 0 unspecified atom stereocenters. The van der Waals surface area contributed by atoms with Crippen molar-refractivity contribution in [3.63, 3.8) is 0 Å². The number of anilines is 1. The van der Waals surface area contributed by atoms with Gasteiger partial charge in [-0.15, -0.1) is 0 Å². The van der Waals surface area contributed by atoms with Gasteiger partial charge in [-0.2, -0.15) is 0 Å². The molecule has 0 spiro atoms. The van der Waals surface area contributed by atoms with E-state index < -0.39 is 5.69 Å². The summed E-state index contributed by atoms with van der Waals surface area (Å²) in [5.74, 6) is 0.456. The monoisotopic (exact) mass is 369 g/mol. The van der Waals surface area contributed by atoms with E-state index in [9.17, 15) is 9.59 Å². The van der Waals surface area contributed by atoms with Gasteiger partial charge < -0.3 is 5.32 Å². The second kappa shape index (κ2) is 7.80. The van der Waals surface area contributed by atoms with Gasteiger partial charge in [0.2, 0.25) is 0 Å². The van der Waals surface area contributed by atoms with E-state index in [0.717, 1.165) is 5.56 Å². The highest BCUT2D eigenvalue weighted by atomic mass is 16.2. The number of nitrogens with one attached hydrogen (secondary N) is 1. The Morgan fingerprint density at radius 3 is 1.71 bits per heavy atom. The molecule has 4 rings (SSSR count). The second-order valence-corrected chi connectivity index (χ2v) is 6.33. The standard InChI is InChI=1S/C23H19N3O2/c27-22-16-21(24-17-18-10-4-1-5-11-18)25(19-12-6-2-7-13-19)23(28)26(22)20-14-8-3-9-15-20/h1-16,24H,17H2. The Bertz CT molecular complexity index is 1180. The fourth-order valence-corrected chi connectivity index (χ4v) is 3.10. The van der Waals surface area contributed by atoms with Gasteiger partial charge in [0, 0.05) is 12.6 Å². The van der Waals surface area contributed by atoms with Crippen LogP contribution >= 0.6 is 0 Å². The molecular weight excluding hydrogens is 350 g/mol. The molecule has 0 aliphatic carbocycles. The molecule has 0 aliphatic heterocycles. The molecule has 0 aliphatic rings. The lowest BCUT2D eigenvalue weighted by Crippen LogP contribution is -2.38. The molecular formula is C23H19N3O2. The third-order valence-corrected chi connectivity index (χ3v) is 4.45. The minimum atomic E-state index is -0.416. The van der Waals surface area contributed by atoms with Crippen LogP contribution in [0, 0.1) is 0 Å².